The van der Waals surface area contributed by atoms with Gasteiger partial charge in [-0.1, -0.05) is 13.5 Å². The zero-order valence-corrected chi connectivity index (χ0v) is 4.83. The van der Waals surface area contributed by atoms with Crippen LogP contribution in [0.15, 0.2) is 12.3 Å². The summed E-state index contributed by atoms with van der Waals surface area (Å²) in [6, 6.07) is 0. The van der Waals surface area contributed by atoms with E-state index in [9.17, 15) is 0 Å². The van der Waals surface area contributed by atoms with Crippen molar-refractivity contribution in [3.05, 3.63) is 19.2 Å². The molecule has 0 aliphatic rings. The lowest BCUT2D eigenvalue weighted by atomic mass is 10.3. The van der Waals surface area contributed by atoms with Crippen LogP contribution in [0, 0.1) is 6.92 Å². The minimum absolute atomic E-state index is 0.930. The van der Waals surface area contributed by atoms with Crippen LogP contribution in [0.5, 0.6) is 0 Å². The van der Waals surface area contributed by atoms with Crippen molar-refractivity contribution in [1.82, 2.24) is 5.32 Å². The Morgan fingerprint density at radius 1 is 1.71 bits per heavy atom. The number of hydrogen-bond acceptors (Lipinski definition) is 1. The third-order valence-corrected chi connectivity index (χ3v) is 0.832. The Hall–Kier alpha value is -0.460. The van der Waals surface area contributed by atoms with Gasteiger partial charge in [0.2, 0.25) is 0 Å². The molecule has 7 heavy (non-hydrogen) atoms. The summed E-state index contributed by atoms with van der Waals surface area (Å²) in [4.78, 5) is 0. The molecule has 0 saturated carbocycles. The molecule has 0 aliphatic carbocycles. The Morgan fingerprint density at radius 2 is 2.29 bits per heavy atom. The van der Waals surface area contributed by atoms with Crippen LogP contribution in [0.4, 0.5) is 0 Å². The highest BCUT2D eigenvalue weighted by Crippen LogP contribution is 1.93. The molecule has 1 heteroatoms. The van der Waals surface area contributed by atoms with E-state index in [0.717, 1.165) is 18.5 Å². The van der Waals surface area contributed by atoms with Crippen LogP contribution in [-0.2, 0) is 0 Å². The highest BCUT2D eigenvalue weighted by Gasteiger charge is 1.81. The Balaban J connectivity index is 3.00. The van der Waals surface area contributed by atoms with E-state index in [0.29, 0.717) is 0 Å². The lowest BCUT2D eigenvalue weighted by Gasteiger charge is -1.98. The fourth-order valence-electron chi connectivity index (χ4n) is 0.338. The average molecular weight is 98.2 g/mol. The molecule has 41 valence electrons. The van der Waals surface area contributed by atoms with Gasteiger partial charge in [0.1, 0.15) is 0 Å². The summed E-state index contributed by atoms with van der Waals surface area (Å²) in [6.07, 6.45) is 1.91. The fraction of sp³-hybridized carbons (Fsp3) is 0.500. The van der Waals surface area contributed by atoms with Gasteiger partial charge in [-0.15, -0.1) is 0 Å². The summed E-state index contributed by atoms with van der Waals surface area (Å²) in [5.41, 5.74) is 1.06. The van der Waals surface area contributed by atoms with Crippen molar-refractivity contribution in [2.24, 2.45) is 0 Å². The van der Waals surface area contributed by atoms with Gasteiger partial charge in [0.25, 0.3) is 0 Å². The molecule has 0 amide bonds. The molecule has 0 fully saturated rings. The summed E-state index contributed by atoms with van der Waals surface area (Å²) in [5, 5.41) is 2.93. The van der Waals surface area contributed by atoms with Crippen molar-refractivity contribution in [2.75, 3.05) is 7.05 Å². The monoisotopic (exact) mass is 98.1 g/mol. The molecule has 0 spiro atoms. The van der Waals surface area contributed by atoms with E-state index >= 15 is 0 Å². The van der Waals surface area contributed by atoms with Gasteiger partial charge in [0.05, 0.1) is 0 Å². The van der Waals surface area contributed by atoms with Crippen molar-refractivity contribution in [3.8, 4) is 0 Å². The summed E-state index contributed by atoms with van der Waals surface area (Å²) >= 11 is 0. The third kappa shape index (κ3) is 3.37. The Morgan fingerprint density at radius 3 is 2.43 bits per heavy atom. The molecule has 1 radical (unpaired) electrons. The van der Waals surface area contributed by atoms with Gasteiger partial charge >= 0.3 is 0 Å². The first-order chi connectivity index (χ1) is 3.31. The van der Waals surface area contributed by atoms with Crippen LogP contribution in [0.3, 0.4) is 0 Å². The highest BCUT2D eigenvalue weighted by atomic mass is 14.8. The summed E-state index contributed by atoms with van der Waals surface area (Å²) in [6.45, 7) is 7.38. The van der Waals surface area contributed by atoms with E-state index < -0.39 is 0 Å². The summed E-state index contributed by atoms with van der Waals surface area (Å²) < 4.78 is 0. The summed E-state index contributed by atoms with van der Waals surface area (Å²) in [7, 11) is 1.87. The molecule has 0 bridgehead atoms. The molecule has 1 nitrogen and oxygen atoms in total. The van der Waals surface area contributed by atoms with E-state index in [1.165, 1.54) is 0 Å². The molecule has 0 aromatic heterocycles. The fourth-order valence-corrected chi connectivity index (χ4v) is 0.338. The maximum atomic E-state index is 3.71. The van der Waals surface area contributed by atoms with Crippen LogP contribution in [0.25, 0.3) is 0 Å². The SMILES string of the molecule is [CH2]CCC(=C)NC. The first kappa shape index (κ1) is 6.54. The molecule has 0 aromatic rings. The molecule has 0 aromatic carbocycles. The van der Waals surface area contributed by atoms with Gasteiger partial charge in [-0.05, 0) is 12.8 Å². The van der Waals surface area contributed by atoms with Gasteiger partial charge in [-0.3, -0.25) is 0 Å². The predicted octanol–water partition coefficient (Wildman–Crippen LogP) is 1.33. The Kier molecular flexibility index (Phi) is 3.48. The van der Waals surface area contributed by atoms with Crippen molar-refractivity contribution in [2.45, 2.75) is 12.8 Å². The largest absolute Gasteiger partial charge is 0.392 e. The second kappa shape index (κ2) is 3.72. The second-order valence-electron chi connectivity index (χ2n) is 1.46. The molecule has 0 atom stereocenters. The minimum Gasteiger partial charge on any atom is -0.392 e. The lowest BCUT2D eigenvalue weighted by Crippen LogP contribution is -2.02. The first-order valence-electron chi connectivity index (χ1n) is 2.46. The Bertz CT molecular complexity index is 57.2. The van der Waals surface area contributed by atoms with Gasteiger partial charge in [-0.2, -0.15) is 0 Å². The summed E-state index contributed by atoms with van der Waals surface area (Å²) in [5.74, 6) is 0. The minimum atomic E-state index is 0.930. The van der Waals surface area contributed by atoms with E-state index in [4.69, 9.17) is 0 Å². The second-order valence-corrected chi connectivity index (χ2v) is 1.46. The smallest absolute Gasteiger partial charge is 0.00310 e. The van der Waals surface area contributed by atoms with Crippen LogP contribution < -0.4 is 5.32 Å². The van der Waals surface area contributed by atoms with Crippen molar-refractivity contribution < 1.29 is 0 Å². The molecule has 1 N–H and O–H groups in total. The normalized spacial score (nSPS) is 8.29. The number of nitrogens with one attached hydrogen (secondary N) is 1. The molecular formula is C6H12N. The van der Waals surface area contributed by atoms with Crippen LogP contribution in [0.1, 0.15) is 12.8 Å². The zero-order chi connectivity index (χ0) is 5.70. The molecular weight excluding hydrogens is 86.1 g/mol. The molecule has 0 saturated heterocycles. The first-order valence-corrected chi connectivity index (χ1v) is 2.46. The number of rotatable bonds is 3. The maximum Gasteiger partial charge on any atom is 0.00310 e. The third-order valence-electron chi connectivity index (χ3n) is 0.832. The van der Waals surface area contributed by atoms with E-state index in [1.54, 1.807) is 0 Å². The lowest BCUT2D eigenvalue weighted by molar-refractivity contribution is 0.857. The van der Waals surface area contributed by atoms with Crippen LogP contribution in [-0.4, -0.2) is 7.05 Å². The van der Waals surface area contributed by atoms with E-state index in [1.807, 2.05) is 7.05 Å². The number of hydrogen-bond donors (Lipinski definition) is 1. The van der Waals surface area contributed by atoms with Crippen molar-refractivity contribution >= 4 is 0 Å². The van der Waals surface area contributed by atoms with Crippen LogP contribution >= 0.6 is 0 Å². The van der Waals surface area contributed by atoms with Crippen LogP contribution in [0.2, 0.25) is 0 Å². The van der Waals surface area contributed by atoms with Crippen molar-refractivity contribution in [3.63, 3.8) is 0 Å². The average Bonchev–Trinajstić information content (AvgIpc) is 1.68. The molecule has 0 unspecified atom stereocenters. The topological polar surface area (TPSA) is 12.0 Å². The van der Waals surface area contributed by atoms with E-state index in [-0.39, 0.29) is 0 Å². The van der Waals surface area contributed by atoms with Gasteiger partial charge in [0, 0.05) is 12.7 Å². The van der Waals surface area contributed by atoms with Gasteiger partial charge in [-0.25, -0.2) is 0 Å². The van der Waals surface area contributed by atoms with E-state index in [2.05, 4.69) is 18.8 Å². The quantitative estimate of drug-likeness (QED) is 0.561. The number of allylic oxidation sites excluding steroid dienone is 1. The molecule has 0 aliphatic heterocycles. The van der Waals surface area contributed by atoms with Gasteiger partial charge < -0.3 is 5.32 Å². The maximum absolute atomic E-state index is 3.71. The Labute approximate surface area is 45.4 Å². The van der Waals surface area contributed by atoms with Crippen molar-refractivity contribution in [1.29, 1.82) is 0 Å². The molecule has 0 heterocycles. The standard InChI is InChI=1S/C6H12N/c1-4-5-6(2)7-3/h7H,1-2,4-5H2,3H3. The highest BCUT2D eigenvalue weighted by molar-refractivity contribution is 4.88. The zero-order valence-electron chi connectivity index (χ0n) is 4.83. The molecule has 0 rings (SSSR count). The van der Waals surface area contributed by atoms with Gasteiger partial charge in [0.15, 0.2) is 0 Å². The predicted molar refractivity (Wildman–Crippen MR) is 32.8 cm³/mol.